The second kappa shape index (κ2) is 7.55. The highest BCUT2D eigenvalue weighted by Gasteiger charge is 2.08. The van der Waals surface area contributed by atoms with Crippen LogP contribution in [0.25, 0.3) is 22.0 Å². The van der Waals surface area contributed by atoms with Crippen LogP contribution in [0.5, 0.6) is 0 Å². The van der Waals surface area contributed by atoms with Gasteiger partial charge in [-0.15, -0.1) is 22.9 Å². The van der Waals surface area contributed by atoms with Gasteiger partial charge in [-0.05, 0) is 24.3 Å². The molecule has 0 saturated carbocycles. The smallest absolute Gasteiger partial charge is 0.124 e. The van der Waals surface area contributed by atoms with Crippen molar-refractivity contribution in [2.75, 3.05) is 17.7 Å². The number of aliphatic hydroxyl groups excluding tert-OH is 1. The number of pyridine rings is 1. The Kier molecular flexibility index (Phi) is 5.23. The maximum Gasteiger partial charge on any atom is 0.124 e. The first-order valence-corrected chi connectivity index (χ1v) is 8.63. The number of hydrogen-bond acceptors (Lipinski definition) is 5. The molecule has 0 spiro atoms. The Hall–Kier alpha value is -1.95. The normalized spacial score (nSPS) is 12.1. The summed E-state index contributed by atoms with van der Waals surface area (Å²) < 4.78 is 0. The van der Waals surface area contributed by atoms with Crippen molar-refractivity contribution >= 4 is 28.6 Å². The molecule has 118 valence electrons. The zero-order chi connectivity index (χ0) is 16.1. The van der Waals surface area contributed by atoms with E-state index in [2.05, 4.69) is 15.3 Å². The lowest BCUT2D eigenvalue weighted by Gasteiger charge is -2.10. The average molecular weight is 346 g/mol. The molecule has 0 saturated heterocycles. The molecule has 2 aromatic heterocycles. The third-order valence-electron chi connectivity index (χ3n) is 3.26. The number of rotatable bonds is 6. The summed E-state index contributed by atoms with van der Waals surface area (Å²) in [4.78, 5) is 8.98. The molecule has 1 atom stereocenters. The van der Waals surface area contributed by atoms with Gasteiger partial charge in [-0.2, -0.15) is 0 Å². The Morgan fingerprint density at radius 3 is 2.87 bits per heavy atom. The summed E-state index contributed by atoms with van der Waals surface area (Å²) in [5.41, 5.74) is 3.71. The van der Waals surface area contributed by atoms with Crippen LogP contribution in [-0.2, 0) is 0 Å². The number of alkyl halides is 1. The highest BCUT2D eigenvalue weighted by molar-refractivity contribution is 7.13. The van der Waals surface area contributed by atoms with E-state index in [0.29, 0.717) is 6.54 Å². The topological polar surface area (TPSA) is 58.0 Å². The minimum atomic E-state index is -0.559. The number of nitrogens with one attached hydrogen (secondary N) is 1. The minimum Gasteiger partial charge on any atom is -0.390 e. The summed E-state index contributed by atoms with van der Waals surface area (Å²) in [6.07, 6.45) is 1.21. The molecule has 4 nitrogen and oxygen atoms in total. The molecule has 0 fully saturated rings. The molecule has 0 radical (unpaired) electrons. The van der Waals surface area contributed by atoms with Crippen molar-refractivity contribution < 1.29 is 5.11 Å². The van der Waals surface area contributed by atoms with Gasteiger partial charge in [0.15, 0.2) is 0 Å². The summed E-state index contributed by atoms with van der Waals surface area (Å²) in [6, 6.07) is 13.7. The van der Waals surface area contributed by atoms with Crippen molar-refractivity contribution in [2.24, 2.45) is 0 Å². The van der Waals surface area contributed by atoms with Crippen molar-refractivity contribution in [1.82, 2.24) is 9.97 Å². The first-order valence-electron chi connectivity index (χ1n) is 7.21. The summed E-state index contributed by atoms with van der Waals surface area (Å²) in [6.45, 7) is 0.421. The lowest BCUT2D eigenvalue weighted by atomic mass is 10.2. The van der Waals surface area contributed by atoms with Gasteiger partial charge < -0.3 is 10.4 Å². The molecule has 23 heavy (non-hydrogen) atoms. The van der Waals surface area contributed by atoms with E-state index in [4.69, 9.17) is 11.6 Å². The number of benzene rings is 1. The van der Waals surface area contributed by atoms with Gasteiger partial charge in [0.1, 0.15) is 10.7 Å². The molecule has 0 bridgehead atoms. The van der Waals surface area contributed by atoms with Crippen LogP contribution in [0.2, 0.25) is 0 Å². The summed E-state index contributed by atoms with van der Waals surface area (Å²) in [7, 11) is 0. The second-order valence-corrected chi connectivity index (χ2v) is 6.19. The van der Waals surface area contributed by atoms with E-state index in [-0.39, 0.29) is 5.88 Å². The quantitative estimate of drug-likeness (QED) is 0.665. The predicted octanol–water partition coefficient (Wildman–Crippen LogP) is 3.88. The van der Waals surface area contributed by atoms with E-state index < -0.39 is 6.10 Å². The molecule has 3 aromatic rings. The Morgan fingerprint density at radius 1 is 1.17 bits per heavy atom. The molecule has 0 amide bonds. The average Bonchev–Trinajstić information content (AvgIpc) is 3.11. The van der Waals surface area contributed by atoms with Crippen LogP contribution in [0, 0.1) is 0 Å². The first kappa shape index (κ1) is 15.9. The fraction of sp³-hybridized carbons (Fsp3) is 0.176. The van der Waals surface area contributed by atoms with Crippen LogP contribution in [0.3, 0.4) is 0 Å². The first-order chi connectivity index (χ1) is 11.3. The Balaban J connectivity index is 1.78. The Bertz CT molecular complexity index is 763. The standard InChI is InChI=1S/C17H16ClN3OS/c18-9-14(22)10-20-13-5-3-4-12(8-13)17-21-16(11-23-17)15-6-1-2-7-19-15/h1-8,11,14,20,22H,9-10H2. The van der Waals surface area contributed by atoms with Crippen LogP contribution < -0.4 is 5.32 Å². The van der Waals surface area contributed by atoms with Gasteiger partial charge in [0.05, 0.1) is 17.7 Å². The Labute approximate surface area is 143 Å². The van der Waals surface area contributed by atoms with Crippen LogP contribution in [0.1, 0.15) is 0 Å². The predicted molar refractivity (Wildman–Crippen MR) is 96.0 cm³/mol. The van der Waals surface area contributed by atoms with Gasteiger partial charge in [-0.1, -0.05) is 18.2 Å². The van der Waals surface area contributed by atoms with Gasteiger partial charge in [-0.3, -0.25) is 4.98 Å². The number of halogens is 1. The molecule has 0 aliphatic carbocycles. The summed E-state index contributed by atoms with van der Waals surface area (Å²) in [5, 5.41) is 15.6. The van der Waals surface area contributed by atoms with Gasteiger partial charge in [0, 0.05) is 29.4 Å². The zero-order valence-corrected chi connectivity index (χ0v) is 13.9. The number of hydrogen-bond donors (Lipinski definition) is 2. The lowest BCUT2D eigenvalue weighted by Crippen LogP contribution is -2.20. The Morgan fingerprint density at radius 2 is 2.09 bits per heavy atom. The van der Waals surface area contributed by atoms with E-state index in [1.54, 1.807) is 17.5 Å². The van der Waals surface area contributed by atoms with E-state index in [1.165, 1.54) is 0 Å². The molecule has 6 heteroatoms. The molecule has 1 unspecified atom stereocenters. The highest BCUT2D eigenvalue weighted by Crippen LogP contribution is 2.29. The molecule has 0 aliphatic heterocycles. The maximum absolute atomic E-state index is 9.52. The number of thiazole rings is 1. The van der Waals surface area contributed by atoms with Crippen molar-refractivity contribution in [3.63, 3.8) is 0 Å². The van der Waals surface area contributed by atoms with Gasteiger partial charge in [-0.25, -0.2) is 4.98 Å². The van der Waals surface area contributed by atoms with Gasteiger partial charge in [0.2, 0.25) is 0 Å². The third kappa shape index (κ3) is 4.07. The van der Waals surface area contributed by atoms with E-state index in [9.17, 15) is 5.11 Å². The number of aromatic nitrogens is 2. The van der Waals surface area contributed by atoms with Crippen LogP contribution in [0.15, 0.2) is 54.0 Å². The molecular formula is C17H16ClN3OS. The molecule has 1 aromatic carbocycles. The third-order valence-corrected chi connectivity index (χ3v) is 4.51. The van der Waals surface area contributed by atoms with Crippen LogP contribution >= 0.6 is 22.9 Å². The molecule has 2 heterocycles. The van der Waals surface area contributed by atoms with Crippen LogP contribution in [0.4, 0.5) is 5.69 Å². The molecule has 0 aliphatic rings. The highest BCUT2D eigenvalue weighted by atomic mass is 35.5. The van der Waals surface area contributed by atoms with Crippen molar-refractivity contribution in [2.45, 2.75) is 6.10 Å². The molecular weight excluding hydrogens is 330 g/mol. The van der Waals surface area contributed by atoms with E-state index in [0.717, 1.165) is 27.6 Å². The summed E-state index contributed by atoms with van der Waals surface area (Å²) >= 11 is 7.19. The number of anilines is 1. The second-order valence-electron chi connectivity index (χ2n) is 5.02. The van der Waals surface area contributed by atoms with E-state index in [1.807, 2.05) is 47.8 Å². The van der Waals surface area contributed by atoms with Crippen LogP contribution in [-0.4, -0.2) is 33.6 Å². The SMILES string of the molecule is OC(CCl)CNc1cccc(-c2nc(-c3ccccn3)cs2)c1. The largest absolute Gasteiger partial charge is 0.390 e. The maximum atomic E-state index is 9.52. The van der Waals surface area contributed by atoms with Gasteiger partial charge >= 0.3 is 0 Å². The van der Waals surface area contributed by atoms with Crippen molar-refractivity contribution in [3.05, 3.63) is 54.0 Å². The monoisotopic (exact) mass is 345 g/mol. The van der Waals surface area contributed by atoms with E-state index >= 15 is 0 Å². The van der Waals surface area contributed by atoms with Crippen molar-refractivity contribution in [1.29, 1.82) is 0 Å². The van der Waals surface area contributed by atoms with Crippen molar-refractivity contribution in [3.8, 4) is 22.0 Å². The lowest BCUT2D eigenvalue weighted by molar-refractivity contribution is 0.211. The van der Waals surface area contributed by atoms with Gasteiger partial charge in [0.25, 0.3) is 0 Å². The fourth-order valence-electron chi connectivity index (χ4n) is 2.09. The minimum absolute atomic E-state index is 0.215. The number of nitrogens with zero attached hydrogens (tertiary/aromatic N) is 2. The fourth-order valence-corrected chi connectivity index (χ4v) is 3.01. The zero-order valence-electron chi connectivity index (χ0n) is 12.3. The number of aliphatic hydroxyl groups is 1. The molecule has 2 N–H and O–H groups in total. The summed E-state index contributed by atoms with van der Waals surface area (Å²) in [5.74, 6) is 0.215. The molecule has 3 rings (SSSR count).